The second kappa shape index (κ2) is 11.6. The van der Waals surface area contributed by atoms with Gasteiger partial charge in [0.15, 0.2) is 5.13 Å². The summed E-state index contributed by atoms with van der Waals surface area (Å²) in [7, 11) is 0. The highest BCUT2D eigenvalue weighted by Crippen LogP contribution is 2.29. The van der Waals surface area contributed by atoms with Crippen molar-refractivity contribution in [3.05, 3.63) is 46.5 Å². The van der Waals surface area contributed by atoms with Crippen LogP contribution in [0.3, 0.4) is 0 Å². The van der Waals surface area contributed by atoms with Crippen LogP contribution in [-0.4, -0.2) is 70.8 Å². The number of hydrogen-bond donors (Lipinski definition) is 1. The highest BCUT2D eigenvalue weighted by molar-refractivity contribution is 7.13. The first-order valence-corrected chi connectivity index (χ1v) is 13.3. The van der Waals surface area contributed by atoms with Crippen molar-refractivity contribution in [2.24, 2.45) is 5.92 Å². The van der Waals surface area contributed by atoms with Gasteiger partial charge in [0.25, 0.3) is 5.91 Å². The molecule has 1 saturated heterocycles. The molecule has 0 bridgehead atoms. The first kappa shape index (κ1) is 25.8. The van der Waals surface area contributed by atoms with E-state index in [9.17, 15) is 19.2 Å². The summed E-state index contributed by atoms with van der Waals surface area (Å²) in [6.45, 7) is 4.90. The summed E-state index contributed by atoms with van der Waals surface area (Å²) in [4.78, 5) is 58.4. The maximum atomic E-state index is 13.1. The Hall–Kier alpha value is -3.27. The van der Waals surface area contributed by atoms with E-state index in [0.717, 1.165) is 31.2 Å². The van der Waals surface area contributed by atoms with E-state index in [1.165, 1.54) is 11.3 Å². The molecule has 2 fully saturated rings. The Morgan fingerprint density at radius 1 is 1.19 bits per heavy atom. The molecule has 1 aromatic heterocycles. The quantitative estimate of drug-likeness (QED) is 0.518. The fourth-order valence-corrected chi connectivity index (χ4v) is 5.13. The number of amides is 3. The Morgan fingerprint density at radius 3 is 2.69 bits per heavy atom. The standard InChI is InChI=1S/C26H32N4O5S/c1-3-35-25(34)18-8-6-12-29(14-18)23(32)13-19-16-36-26(27-19)28-22(31)15-30(20-10-11-20)24(33)21-9-5-4-7-17(21)2/h4-5,7,9,16,18,20H,3,6,8,10-15H2,1-2H3,(H,27,28,31). The predicted octanol–water partition coefficient (Wildman–Crippen LogP) is 3.04. The van der Waals surface area contributed by atoms with Gasteiger partial charge in [0, 0.05) is 30.1 Å². The van der Waals surface area contributed by atoms with Crippen LogP contribution >= 0.6 is 11.3 Å². The average Bonchev–Trinajstić information content (AvgIpc) is 3.62. The third-order valence-corrected chi connectivity index (χ3v) is 7.27. The first-order valence-electron chi connectivity index (χ1n) is 12.4. The summed E-state index contributed by atoms with van der Waals surface area (Å²) in [5, 5.41) is 4.91. The Balaban J connectivity index is 1.31. The number of benzene rings is 1. The second-order valence-corrected chi connectivity index (χ2v) is 10.1. The number of thiazole rings is 1. The van der Waals surface area contributed by atoms with Gasteiger partial charge in [-0.05, 0) is 51.2 Å². The molecular formula is C26H32N4O5S. The molecule has 192 valence electrons. The van der Waals surface area contributed by atoms with Crippen molar-refractivity contribution < 1.29 is 23.9 Å². The molecule has 1 aliphatic heterocycles. The van der Waals surface area contributed by atoms with Crippen LogP contribution in [-0.2, 0) is 25.5 Å². The molecule has 9 nitrogen and oxygen atoms in total. The fraction of sp³-hybridized carbons (Fsp3) is 0.500. The minimum atomic E-state index is -0.315. The van der Waals surface area contributed by atoms with E-state index < -0.39 is 0 Å². The zero-order valence-electron chi connectivity index (χ0n) is 20.7. The highest BCUT2D eigenvalue weighted by Gasteiger charge is 2.35. The largest absolute Gasteiger partial charge is 0.466 e. The maximum Gasteiger partial charge on any atom is 0.310 e. The monoisotopic (exact) mass is 512 g/mol. The van der Waals surface area contributed by atoms with Gasteiger partial charge in [0.2, 0.25) is 11.8 Å². The number of aromatic nitrogens is 1. The number of hydrogen-bond acceptors (Lipinski definition) is 7. The number of piperidine rings is 1. The van der Waals surface area contributed by atoms with E-state index in [-0.39, 0.29) is 48.6 Å². The van der Waals surface area contributed by atoms with E-state index >= 15 is 0 Å². The lowest BCUT2D eigenvalue weighted by atomic mass is 9.98. The molecule has 2 heterocycles. The Labute approximate surface area is 214 Å². The Morgan fingerprint density at radius 2 is 1.97 bits per heavy atom. The summed E-state index contributed by atoms with van der Waals surface area (Å²) < 4.78 is 5.11. The SMILES string of the molecule is CCOC(=O)C1CCCN(C(=O)Cc2csc(NC(=O)CN(C(=O)c3ccccc3C)C3CC3)n2)C1. The van der Waals surface area contributed by atoms with Crippen LogP contribution in [0.4, 0.5) is 5.13 Å². The molecule has 1 atom stereocenters. The van der Waals surface area contributed by atoms with Crippen LogP contribution in [0.15, 0.2) is 29.6 Å². The summed E-state index contributed by atoms with van der Waals surface area (Å²) in [6, 6.07) is 7.46. The van der Waals surface area contributed by atoms with E-state index in [4.69, 9.17) is 4.74 Å². The molecule has 1 saturated carbocycles. The van der Waals surface area contributed by atoms with Gasteiger partial charge in [-0.25, -0.2) is 4.98 Å². The van der Waals surface area contributed by atoms with Gasteiger partial charge >= 0.3 is 5.97 Å². The van der Waals surface area contributed by atoms with Crippen molar-refractivity contribution in [3.63, 3.8) is 0 Å². The smallest absolute Gasteiger partial charge is 0.310 e. The molecule has 2 aromatic rings. The zero-order chi connectivity index (χ0) is 25.7. The molecule has 4 rings (SSSR count). The number of carbonyl (C=O) groups excluding carboxylic acids is 4. The van der Waals surface area contributed by atoms with E-state index in [0.29, 0.717) is 36.1 Å². The van der Waals surface area contributed by atoms with Crippen LogP contribution in [0.25, 0.3) is 0 Å². The van der Waals surface area contributed by atoms with Crippen molar-refractivity contribution in [2.45, 2.75) is 52.0 Å². The van der Waals surface area contributed by atoms with Gasteiger partial charge in [-0.15, -0.1) is 11.3 Å². The second-order valence-electron chi connectivity index (χ2n) is 9.28. The number of anilines is 1. The number of likely N-dealkylation sites (tertiary alicyclic amines) is 1. The topological polar surface area (TPSA) is 109 Å². The third-order valence-electron chi connectivity index (χ3n) is 6.46. The molecule has 0 radical (unpaired) electrons. The Kier molecular flexibility index (Phi) is 8.35. The average molecular weight is 513 g/mol. The van der Waals surface area contributed by atoms with Crippen molar-refractivity contribution in [1.29, 1.82) is 0 Å². The van der Waals surface area contributed by atoms with E-state index in [1.807, 2.05) is 25.1 Å². The van der Waals surface area contributed by atoms with Gasteiger partial charge in [0.1, 0.15) is 6.54 Å². The Bertz CT molecular complexity index is 1130. The van der Waals surface area contributed by atoms with Crippen LogP contribution in [0.5, 0.6) is 0 Å². The molecule has 1 N–H and O–H groups in total. The fourth-order valence-electron chi connectivity index (χ4n) is 4.40. The number of esters is 1. The van der Waals surface area contributed by atoms with Gasteiger partial charge in [-0.3, -0.25) is 19.2 Å². The number of carbonyl (C=O) groups is 4. The molecular weight excluding hydrogens is 480 g/mol. The zero-order valence-corrected chi connectivity index (χ0v) is 21.5. The molecule has 10 heteroatoms. The minimum absolute atomic E-state index is 0.0469. The molecule has 1 aliphatic carbocycles. The van der Waals surface area contributed by atoms with Crippen LogP contribution in [0.2, 0.25) is 0 Å². The van der Waals surface area contributed by atoms with E-state index in [2.05, 4.69) is 10.3 Å². The molecule has 1 aromatic carbocycles. The molecule has 1 unspecified atom stereocenters. The van der Waals surface area contributed by atoms with Gasteiger partial charge in [-0.1, -0.05) is 18.2 Å². The maximum absolute atomic E-state index is 13.1. The van der Waals surface area contributed by atoms with Crippen molar-refractivity contribution in [1.82, 2.24) is 14.8 Å². The number of rotatable bonds is 9. The van der Waals surface area contributed by atoms with Gasteiger partial charge in [0.05, 0.1) is 24.6 Å². The lowest BCUT2D eigenvalue weighted by Crippen LogP contribution is -2.43. The number of nitrogens with one attached hydrogen (secondary N) is 1. The molecule has 0 spiro atoms. The summed E-state index contributed by atoms with van der Waals surface area (Å²) >= 11 is 1.25. The van der Waals surface area contributed by atoms with Crippen LogP contribution in [0, 0.1) is 12.8 Å². The minimum Gasteiger partial charge on any atom is -0.466 e. The van der Waals surface area contributed by atoms with Crippen molar-refractivity contribution in [2.75, 3.05) is 31.6 Å². The molecule has 3 amide bonds. The normalized spacial score (nSPS) is 17.4. The van der Waals surface area contributed by atoms with Crippen LogP contribution in [0.1, 0.15) is 54.2 Å². The lowest BCUT2D eigenvalue weighted by molar-refractivity contribution is -0.151. The molecule has 36 heavy (non-hydrogen) atoms. The van der Waals surface area contributed by atoms with E-state index in [1.54, 1.807) is 28.2 Å². The molecule has 2 aliphatic rings. The summed E-state index contributed by atoms with van der Waals surface area (Å²) in [5.74, 6) is -1.10. The van der Waals surface area contributed by atoms with Gasteiger partial charge in [-0.2, -0.15) is 0 Å². The summed E-state index contributed by atoms with van der Waals surface area (Å²) in [5.41, 5.74) is 2.05. The van der Waals surface area contributed by atoms with Gasteiger partial charge < -0.3 is 19.9 Å². The lowest BCUT2D eigenvalue weighted by Gasteiger charge is -2.31. The highest BCUT2D eigenvalue weighted by atomic mass is 32.1. The van der Waals surface area contributed by atoms with Crippen molar-refractivity contribution >= 4 is 40.2 Å². The summed E-state index contributed by atoms with van der Waals surface area (Å²) in [6.07, 6.45) is 3.36. The number of aryl methyl sites for hydroxylation is 1. The number of ether oxygens (including phenoxy) is 1. The first-order chi connectivity index (χ1) is 17.4. The van der Waals surface area contributed by atoms with Crippen LogP contribution < -0.4 is 5.32 Å². The predicted molar refractivity (Wildman–Crippen MR) is 136 cm³/mol. The van der Waals surface area contributed by atoms with Crippen molar-refractivity contribution in [3.8, 4) is 0 Å². The third kappa shape index (κ3) is 6.48. The number of nitrogens with zero attached hydrogens (tertiary/aromatic N) is 3.